The zero-order valence-corrected chi connectivity index (χ0v) is 16.7. The topological polar surface area (TPSA) is 86.1 Å². The number of aromatic amines is 1. The normalized spacial score (nSPS) is 10.9. The van der Waals surface area contributed by atoms with Crippen LogP contribution in [0.25, 0.3) is 5.69 Å². The summed E-state index contributed by atoms with van der Waals surface area (Å²) < 4.78 is 7.72. The highest BCUT2D eigenvalue weighted by atomic mass is 35.5. The van der Waals surface area contributed by atoms with E-state index in [0.717, 1.165) is 9.13 Å². The van der Waals surface area contributed by atoms with E-state index in [1.54, 1.807) is 43.3 Å². The minimum Gasteiger partial charge on any atom is -0.456 e. The summed E-state index contributed by atoms with van der Waals surface area (Å²) in [7, 11) is 0. The maximum atomic E-state index is 12.6. The molecule has 1 heterocycles. The van der Waals surface area contributed by atoms with Crippen molar-refractivity contribution in [3.63, 3.8) is 0 Å². The number of ether oxygens (including phenoxy) is 1. The summed E-state index contributed by atoms with van der Waals surface area (Å²) in [5.41, 5.74) is -1.21. The van der Waals surface area contributed by atoms with Crippen LogP contribution < -0.4 is 21.8 Å². The van der Waals surface area contributed by atoms with Crippen LogP contribution in [0.4, 0.5) is 0 Å². The highest BCUT2D eigenvalue weighted by Gasteiger charge is 2.13. The van der Waals surface area contributed by atoms with Gasteiger partial charge in [-0.25, -0.2) is 23.5 Å². The largest absolute Gasteiger partial charge is 0.456 e. The van der Waals surface area contributed by atoms with Gasteiger partial charge in [0.05, 0.1) is 10.7 Å². The predicted molar refractivity (Wildman–Crippen MR) is 108 cm³/mol. The van der Waals surface area contributed by atoms with E-state index in [9.17, 15) is 14.4 Å². The molecule has 0 aliphatic rings. The first-order valence-corrected chi connectivity index (χ1v) is 9.27. The van der Waals surface area contributed by atoms with Crippen LogP contribution in [-0.4, -0.2) is 14.1 Å². The molecule has 7 nitrogen and oxygen atoms in total. The van der Waals surface area contributed by atoms with Crippen LogP contribution in [0, 0.1) is 6.92 Å². The molecule has 28 heavy (non-hydrogen) atoms. The Bertz CT molecular complexity index is 1210. The Kier molecular flexibility index (Phi) is 5.76. The smallest absolute Gasteiger partial charge is 0.340 e. The van der Waals surface area contributed by atoms with Crippen molar-refractivity contribution in [2.45, 2.75) is 26.8 Å². The number of nitrogens with zero attached hydrogens (tertiary/aromatic N) is 2. The minimum absolute atomic E-state index is 0.212. The molecule has 3 aromatic rings. The Labute approximate surface area is 169 Å². The zero-order valence-electron chi connectivity index (χ0n) is 15.2. The molecule has 0 saturated carbocycles. The van der Waals surface area contributed by atoms with Gasteiger partial charge in [0.25, 0.3) is 0 Å². The van der Waals surface area contributed by atoms with Crippen LogP contribution in [0.15, 0.2) is 50.8 Å². The third-order valence-corrected chi connectivity index (χ3v) is 4.59. The number of H-pyrrole nitrogens is 1. The van der Waals surface area contributed by atoms with Crippen LogP contribution in [0.1, 0.15) is 18.9 Å². The van der Waals surface area contributed by atoms with Gasteiger partial charge >= 0.3 is 17.1 Å². The molecular weight excluding hydrogens is 405 g/mol. The lowest BCUT2D eigenvalue weighted by Gasteiger charge is -2.13. The van der Waals surface area contributed by atoms with E-state index in [1.807, 2.05) is 6.92 Å². The van der Waals surface area contributed by atoms with E-state index < -0.39 is 17.1 Å². The van der Waals surface area contributed by atoms with Crippen molar-refractivity contribution in [3.8, 4) is 17.2 Å². The maximum Gasteiger partial charge on any atom is 0.340 e. The fourth-order valence-corrected chi connectivity index (χ4v) is 3.17. The van der Waals surface area contributed by atoms with Gasteiger partial charge in [-0.1, -0.05) is 30.1 Å². The lowest BCUT2D eigenvalue weighted by Crippen LogP contribution is -2.48. The first-order valence-electron chi connectivity index (χ1n) is 8.52. The molecular formula is C19H17Cl2N3O4. The number of aromatic nitrogens is 3. The molecule has 0 amide bonds. The minimum atomic E-state index is -0.795. The highest BCUT2D eigenvalue weighted by molar-refractivity contribution is 6.35. The van der Waals surface area contributed by atoms with E-state index in [2.05, 4.69) is 4.98 Å². The lowest BCUT2D eigenvalue weighted by atomic mass is 10.2. The Morgan fingerprint density at radius 3 is 2.36 bits per heavy atom. The molecule has 1 aromatic heterocycles. The SMILES string of the molecule is CCCn1c(=O)[nH]c(=O)n(-c2ccc(Oc3ccc(Cl)cc3Cl)c(C)c2)c1=O. The summed E-state index contributed by atoms with van der Waals surface area (Å²) >= 11 is 12.0. The van der Waals surface area contributed by atoms with Crippen molar-refractivity contribution in [1.82, 2.24) is 14.1 Å². The average molecular weight is 422 g/mol. The molecule has 9 heteroatoms. The van der Waals surface area contributed by atoms with Crippen molar-refractivity contribution < 1.29 is 4.74 Å². The number of rotatable bonds is 5. The van der Waals surface area contributed by atoms with Crippen molar-refractivity contribution in [2.75, 3.05) is 0 Å². The first kappa shape index (κ1) is 20.0. The third kappa shape index (κ3) is 3.90. The standard InChI is InChI=1S/C19H17Cl2N3O4/c1-3-8-23-17(25)22-18(26)24(19(23)27)13-5-7-15(11(2)9-13)28-16-6-4-12(20)10-14(16)21/h4-7,9-10H,3,8H2,1-2H3,(H,22,25,26). The van der Waals surface area contributed by atoms with Crippen molar-refractivity contribution in [2.24, 2.45) is 0 Å². The maximum absolute atomic E-state index is 12.6. The van der Waals surface area contributed by atoms with Gasteiger partial charge in [-0.3, -0.25) is 4.98 Å². The Morgan fingerprint density at radius 1 is 1.00 bits per heavy atom. The summed E-state index contributed by atoms with van der Waals surface area (Å²) in [5, 5.41) is 0.848. The zero-order chi connectivity index (χ0) is 20.4. The van der Waals surface area contributed by atoms with Gasteiger partial charge in [0, 0.05) is 11.6 Å². The summed E-state index contributed by atoms with van der Waals surface area (Å²) in [6.07, 6.45) is 0.578. The fraction of sp³-hybridized carbons (Fsp3) is 0.211. The van der Waals surface area contributed by atoms with E-state index in [-0.39, 0.29) is 6.54 Å². The van der Waals surface area contributed by atoms with Crippen LogP contribution >= 0.6 is 23.2 Å². The van der Waals surface area contributed by atoms with Gasteiger partial charge in [0.1, 0.15) is 11.5 Å². The molecule has 0 aliphatic heterocycles. The summed E-state index contributed by atoms with van der Waals surface area (Å²) in [4.78, 5) is 38.9. The van der Waals surface area contributed by atoms with Crippen LogP contribution in [0.5, 0.6) is 11.5 Å². The highest BCUT2D eigenvalue weighted by Crippen LogP contribution is 2.33. The van der Waals surface area contributed by atoms with Gasteiger partial charge in [0.15, 0.2) is 0 Å². The van der Waals surface area contributed by atoms with Crippen molar-refractivity contribution in [3.05, 3.63) is 83.5 Å². The molecule has 2 aromatic carbocycles. The monoisotopic (exact) mass is 421 g/mol. The molecule has 0 spiro atoms. The summed E-state index contributed by atoms with van der Waals surface area (Å²) in [5.74, 6) is 0.924. The quantitative estimate of drug-likeness (QED) is 0.682. The molecule has 0 fully saturated rings. The molecule has 0 atom stereocenters. The number of nitrogens with one attached hydrogen (secondary N) is 1. The molecule has 146 valence electrons. The second-order valence-electron chi connectivity index (χ2n) is 6.13. The van der Waals surface area contributed by atoms with Gasteiger partial charge in [-0.05, 0) is 55.3 Å². The number of hydrogen-bond donors (Lipinski definition) is 1. The van der Waals surface area contributed by atoms with Crippen LogP contribution in [0.2, 0.25) is 10.0 Å². The average Bonchev–Trinajstić information content (AvgIpc) is 2.62. The third-order valence-electron chi connectivity index (χ3n) is 4.06. The van der Waals surface area contributed by atoms with Gasteiger partial charge in [-0.15, -0.1) is 0 Å². The number of hydrogen-bond acceptors (Lipinski definition) is 4. The Balaban J connectivity index is 2.04. The molecule has 3 rings (SSSR count). The molecule has 0 aliphatic carbocycles. The predicted octanol–water partition coefficient (Wildman–Crippen LogP) is 3.51. The molecule has 0 saturated heterocycles. The lowest BCUT2D eigenvalue weighted by molar-refractivity contribution is 0.479. The van der Waals surface area contributed by atoms with Gasteiger partial charge in [0.2, 0.25) is 0 Å². The van der Waals surface area contributed by atoms with E-state index in [0.29, 0.717) is 39.2 Å². The summed E-state index contributed by atoms with van der Waals surface area (Å²) in [6, 6.07) is 9.67. The molecule has 0 radical (unpaired) electrons. The molecule has 0 unspecified atom stereocenters. The van der Waals surface area contributed by atoms with Crippen LogP contribution in [0.3, 0.4) is 0 Å². The summed E-state index contributed by atoms with van der Waals surface area (Å²) in [6.45, 7) is 3.81. The van der Waals surface area contributed by atoms with Crippen molar-refractivity contribution in [1.29, 1.82) is 0 Å². The Hall–Kier alpha value is -2.77. The second kappa shape index (κ2) is 8.08. The molecule has 0 bridgehead atoms. The van der Waals surface area contributed by atoms with Gasteiger partial charge < -0.3 is 4.74 Å². The van der Waals surface area contributed by atoms with E-state index in [4.69, 9.17) is 27.9 Å². The number of halogens is 2. The number of aryl methyl sites for hydroxylation is 1. The second-order valence-corrected chi connectivity index (χ2v) is 6.98. The fourth-order valence-electron chi connectivity index (χ4n) is 2.72. The van der Waals surface area contributed by atoms with Crippen molar-refractivity contribution >= 4 is 23.2 Å². The van der Waals surface area contributed by atoms with E-state index in [1.165, 1.54) is 0 Å². The number of benzene rings is 2. The van der Waals surface area contributed by atoms with E-state index >= 15 is 0 Å². The molecule has 1 N–H and O–H groups in total. The van der Waals surface area contributed by atoms with Gasteiger partial charge in [-0.2, -0.15) is 0 Å². The first-order chi connectivity index (χ1) is 13.3. The van der Waals surface area contributed by atoms with Crippen LogP contribution in [-0.2, 0) is 6.54 Å². The Morgan fingerprint density at radius 2 is 1.71 bits per heavy atom.